The predicted molar refractivity (Wildman–Crippen MR) is 48.6 cm³/mol. The molecule has 1 fully saturated rings. The van der Waals surface area contributed by atoms with Crippen molar-refractivity contribution in [1.29, 1.82) is 0 Å². The summed E-state index contributed by atoms with van der Waals surface area (Å²) in [6, 6.07) is 0. The molecule has 0 aromatic rings. The van der Waals surface area contributed by atoms with Crippen LogP contribution >= 0.6 is 0 Å². The molecular weight excluding hydrogens is 152 g/mol. The van der Waals surface area contributed by atoms with Gasteiger partial charge >= 0.3 is 0 Å². The third kappa shape index (κ3) is 1.99. The number of rotatable bonds is 2. The highest BCUT2D eigenvalue weighted by molar-refractivity contribution is 4.83. The predicted octanol–water partition coefficient (Wildman–Crippen LogP) is 1.90. The third-order valence-corrected chi connectivity index (χ3v) is 3.26. The van der Waals surface area contributed by atoms with Gasteiger partial charge in [0.15, 0.2) is 5.79 Å². The second kappa shape index (κ2) is 3.75. The monoisotopic (exact) mass is 172 g/mol. The lowest BCUT2D eigenvalue weighted by atomic mass is 9.75. The summed E-state index contributed by atoms with van der Waals surface area (Å²) in [5.74, 6) is -0.570. The first-order valence-electron chi connectivity index (χ1n) is 5.04. The first kappa shape index (κ1) is 10.0. The molecule has 0 aromatic heterocycles. The zero-order chi connectivity index (χ0) is 9.19. The number of hydrogen-bond acceptors (Lipinski definition) is 2. The minimum absolute atomic E-state index is 0.0937. The maximum atomic E-state index is 9.60. The van der Waals surface area contributed by atoms with Gasteiger partial charge in [-0.05, 0) is 25.2 Å². The minimum atomic E-state index is -1.37. The summed E-state index contributed by atoms with van der Waals surface area (Å²) in [5, 5.41) is 19.2. The molecule has 2 unspecified atom stereocenters. The smallest absolute Gasteiger partial charge is 0.165 e. The summed E-state index contributed by atoms with van der Waals surface area (Å²) in [7, 11) is 0. The Labute approximate surface area is 74.6 Å². The zero-order valence-electron chi connectivity index (χ0n) is 8.08. The van der Waals surface area contributed by atoms with Crippen LogP contribution in [0.5, 0.6) is 0 Å². The van der Waals surface area contributed by atoms with Crippen molar-refractivity contribution >= 4 is 0 Å². The van der Waals surface area contributed by atoms with Crippen molar-refractivity contribution in [2.24, 2.45) is 11.8 Å². The highest BCUT2D eigenvalue weighted by Gasteiger charge is 2.38. The Kier molecular flexibility index (Phi) is 3.13. The normalized spacial score (nSPS) is 35.0. The lowest BCUT2D eigenvalue weighted by molar-refractivity contribution is -0.223. The van der Waals surface area contributed by atoms with E-state index in [1.807, 2.05) is 6.92 Å². The van der Waals surface area contributed by atoms with E-state index >= 15 is 0 Å². The number of aliphatic hydroxyl groups is 2. The molecule has 1 aliphatic carbocycles. The molecule has 0 heterocycles. The van der Waals surface area contributed by atoms with E-state index in [0.717, 1.165) is 19.3 Å². The zero-order valence-corrected chi connectivity index (χ0v) is 8.08. The second-order valence-electron chi connectivity index (χ2n) is 4.03. The summed E-state index contributed by atoms with van der Waals surface area (Å²) in [6.07, 6.45) is 4.57. The van der Waals surface area contributed by atoms with Crippen LogP contribution < -0.4 is 0 Å². The molecule has 2 heteroatoms. The van der Waals surface area contributed by atoms with Crippen LogP contribution in [0.1, 0.15) is 46.0 Å². The Balaban J connectivity index is 2.54. The van der Waals surface area contributed by atoms with E-state index in [-0.39, 0.29) is 5.92 Å². The van der Waals surface area contributed by atoms with Crippen LogP contribution in [-0.2, 0) is 0 Å². The van der Waals surface area contributed by atoms with Crippen molar-refractivity contribution in [3.63, 3.8) is 0 Å². The van der Waals surface area contributed by atoms with Gasteiger partial charge in [0.1, 0.15) is 0 Å². The molecule has 2 atom stereocenters. The van der Waals surface area contributed by atoms with Crippen LogP contribution in [0, 0.1) is 11.8 Å². The molecule has 0 bridgehead atoms. The summed E-state index contributed by atoms with van der Waals surface area (Å²) in [4.78, 5) is 0. The highest BCUT2D eigenvalue weighted by atomic mass is 16.5. The Morgan fingerprint density at radius 1 is 1.25 bits per heavy atom. The van der Waals surface area contributed by atoms with Crippen LogP contribution in [-0.4, -0.2) is 16.0 Å². The average molecular weight is 172 g/mol. The lowest BCUT2D eigenvalue weighted by Crippen LogP contribution is -2.42. The van der Waals surface area contributed by atoms with Crippen molar-refractivity contribution in [3.8, 4) is 0 Å². The van der Waals surface area contributed by atoms with Crippen LogP contribution in [0.3, 0.4) is 0 Å². The van der Waals surface area contributed by atoms with Crippen LogP contribution in [0.15, 0.2) is 0 Å². The van der Waals surface area contributed by atoms with E-state index < -0.39 is 5.79 Å². The van der Waals surface area contributed by atoms with E-state index in [0.29, 0.717) is 12.3 Å². The Morgan fingerprint density at radius 2 is 1.92 bits per heavy atom. The van der Waals surface area contributed by atoms with Crippen molar-refractivity contribution in [2.75, 3.05) is 0 Å². The Bertz CT molecular complexity index is 143. The van der Waals surface area contributed by atoms with E-state index in [9.17, 15) is 10.2 Å². The fraction of sp³-hybridized carbons (Fsp3) is 1.00. The molecule has 2 N–H and O–H groups in total. The van der Waals surface area contributed by atoms with E-state index in [1.54, 1.807) is 0 Å². The quantitative estimate of drug-likeness (QED) is 0.625. The van der Waals surface area contributed by atoms with Crippen molar-refractivity contribution < 1.29 is 10.2 Å². The first-order chi connectivity index (χ1) is 5.60. The van der Waals surface area contributed by atoms with Gasteiger partial charge in [0, 0.05) is 12.3 Å². The molecule has 72 valence electrons. The molecule has 0 aliphatic heterocycles. The van der Waals surface area contributed by atoms with Gasteiger partial charge in [0.2, 0.25) is 0 Å². The van der Waals surface area contributed by atoms with Crippen LogP contribution in [0.4, 0.5) is 0 Å². The van der Waals surface area contributed by atoms with E-state index in [2.05, 4.69) is 6.92 Å². The topological polar surface area (TPSA) is 40.5 Å². The molecular formula is C10H20O2. The fourth-order valence-corrected chi connectivity index (χ4v) is 2.19. The largest absolute Gasteiger partial charge is 0.365 e. The standard InChI is InChI=1S/C10H20O2/c1-3-8-5-6-10(11,12)9(4-2)7-8/h8-9,11-12H,3-7H2,1-2H3. The van der Waals surface area contributed by atoms with Gasteiger partial charge in [-0.2, -0.15) is 0 Å². The lowest BCUT2D eigenvalue weighted by Gasteiger charge is -2.38. The SMILES string of the molecule is CCC1CCC(O)(O)C(CC)C1. The first-order valence-corrected chi connectivity index (χ1v) is 5.04. The van der Waals surface area contributed by atoms with Gasteiger partial charge < -0.3 is 10.2 Å². The van der Waals surface area contributed by atoms with Crippen molar-refractivity contribution in [1.82, 2.24) is 0 Å². The third-order valence-electron chi connectivity index (χ3n) is 3.26. The molecule has 2 nitrogen and oxygen atoms in total. The van der Waals surface area contributed by atoms with Gasteiger partial charge in [-0.1, -0.05) is 20.3 Å². The average Bonchev–Trinajstić information content (AvgIpc) is 2.04. The van der Waals surface area contributed by atoms with Gasteiger partial charge in [-0.25, -0.2) is 0 Å². The Morgan fingerprint density at radius 3 is 2.42 bits per heavy atom. The summed E-state index contributed by atoms with van der Waals surface area (Å²) >= 11 is 0. The molecule has 0 amide bonds. The molecule has 0 radical (unpaired) electrons. The van der Waals surface area contributed by atoms with Crippen LogP contribution in [0.25, 0.3) is 0 Å². The molecule has 0 aromatic carbocycles. The van der Waals surface area contributed by atoms with Gasteiger partial charge in [-0.3, -0.25) is 0 Å². The van der Waals surface area contributed by atoms with E-state index in [1.165, 1.54) is 6.42 Å². The van der Waals surface area contributed by atoms with Gasteiger partial charge in [-0.15, -0.1) is 0 Å². The second-order valence-corrected chi connectivity index (χ2v) is 4.03. The van der Waals surface area contributed by atoms with Crippen molar-refractivity contribution in [3.05, 3.63) is 0 Å². The molecule has 0 spiro atoms. The Hall–Kier alpha value is -0.0800. The molecule has 0 saturated heterocycles. The van der Waals surface area contributed by atoms with Crippen molar-refractivity contribution in [2.45, 2.75) is 51.7 Å². The highest BCUT2D eigenvalue weighted by Crippen LogP contribution is 2.38. The molecule has 1 rings (SSSR count). The van der Waals surface area contributed by atoms with E-state index in [4.69, 9.17) is 0 Å². The summed E-state index contributed by atoms with van der Waals surface area (Å²) in [5.41, 5.74) is 0. The van der Waals surface area contributed by atoms with Gasteiger partial charge in [0.25, 0.3) is 0 Å². The molecule has 1 aliphatic rings. The molecule has 1 saturated carbocycles. The maximum absolute atomic E-state index is 9.60. The summed E-state index contributed by atoms with van der Waals surface area (Å²) in [6.45, 7) is 4.21. The minimum Gasteiger partial charge on any atom is -0.365 e. The summed E-state index contributed by atoms with van der Waals surface area (Å²) < 4.78 is 0. The maximum Gasteiger partial charge on any atom is 0.165 e. The van der Waals surface area contributed by atoms with Crippen LogP contribution in [0.2, 0.25) is 0 Å². The molecule has 12 heavy (non-hydrogen) atoms. The fourth-order valence-electron chi connectivity index (χ4n) is 2.19. The number of hydrogen-bond donors (Lipinski definition) is 2. The van der Waals surface area contributed by atoms with Gasteiger partial charge in [0.05, 0.1) is 0 Å².